The van der Waals surface area contributed by atoms with E-state index < -0.39 is 20.2 Å². The second kappa shape index (κ2) is 5.47. The number of rotatable bonds is 2. The minimum Gasteiger partial charge on any atom is -0.282 e. The molecule has 2 aliphatic carbocycles. The minimum atomic E-state index is -4.02. The maximum absolute atomic E-state index is 10.5. The Bertz CT molecular complexity index is 886. The second-order valence-electron chi connectivity index (χ2n) is 4.93. The third kappa shape index (κ3) is 3.36. The smallest absolute Gasteiger partial charge is 0.282 e. The summed E-state index contributed by atoms with van der Waals surface area (Å²) < 4.78 is 59.2. The van der Waals surface area contributed by atoms with Gasteiger partial charge in [-0.3, -0.25) is 9.11 Å². The van der Waals surface area contributed by atoms with E-state index in [1.807, 2.05) is 13.8 Å². The van der Waals surface area contributed by atoms with Gasteiger partial charge >= 0.3 is 0 Å². The molecule has 0 aliphatic heterocycles. The van der Waals surface area contributed by atoms with Crippen LogP contribution in [-0.2, 0) is 20.2 Å². The molecule has 0 saturated heterocycles. The third-order valence-electron chi connectivity index (χ3n) is 3.21. The standard InChI is InChI=1S/C7H6O3S.C7H8O3S/c1-4-2-6-5(4)3-7(6)11(8,9)10;1-6-2-4-7(5-3-6)11(8,9)10/h2-3H,1H3,(H,8,9,10);2-5H,1H3,(H,8,9,10). The predicted molar refractivity (Wildman–Crippen MR) is 81.0 cm³/mol. The van der Waals surface area contributed by atoms with Crippen LogP contribution in [0.4, 0.5) is 0 Å². The van der Waals surface area contributed by atoms with E-state index in [9.17, 15) is 16.8 Å². The molecule has 8 heteroatoms. The third-order valence-corrected chi connectivity index (χ3v) is 4.97. The lowest BCUT2D eigenvalue weighted by atomic mass is 9.87. The Hall–Kier alpha value is -1.74. The Kier molecular flexibility index (Phi) is 4.14. The summed E-state index contributed by atoms with van der Waals surface area (Å²) in [6.07, 6.45) is 0. The predicted octanol–water partition coefficient (Wildman–Crippen LogP) is 2.46. The van der Waals surface area contributed by atoms with Crippen LogP contribution in [0.25, 0.3) is 11.1 Å². The molecule has 2 aliphatic rings. The van der Waals surface area contributed by atoms with Crippen LogP contribution in [0, 0.1) is 13.8 Å². The zero-order valence-electron chi connectivity index (χ0n) is 11.8. The Morgan fingerprint density at radius 2 is 1.32 bits per heavy atom. The maximum Gasteiger partial charge on any atom is 0.295 e. The van der Waals surface area contributed by atoms with Crippen LogP contribution in [0.5, 0.6) is 0 Å². The van der Waals surface area contributed by atoms with Crippen LogP contribution < -0.4 is 0 Å². The zero-order chi connectivity index (χ0) is 16.7. The molecule has 0 bridgehead atoms. The van der Waals surface area contributed by atoms with Crippen LogP contribution >= 0.6 is 0 Å². The highest BCUT2D eigenvalue weighted by Crippen LogP contribution is 2.43. The molecule has 0 unspecified atom stereocenters. The van der Waals surface area contributed by atoms with Gasteiger partial charge in [-0.25, -0.2) is 0 Å². The van der Waals surface area contributed by atoms with Gasteiger partial charge in [-0.05, 0) is 49.2 Å². The van der Waals surface area contributed by atoms with Crippen molar-refractivity contribution in [2.24, 2.45) is 0 Å². The van der Waals surface area contributed by atoms with Crippen molar-refractivity contribution in [1.82, 2.24) is 0 Å². The molecule has 0 radical (unpaired) electrons. The summed E-state index contributed by atoms with van der Waals surface area (Å²) in [6.45, 7) is 3.74. The SMILES string of the molecule is Cc1cc2c(S(=O)(=O)O)cc1-2.Cc1ccc(S(=O)(=O)O)cc1. The zero-order valence-corrected chi connectivity index (χ0v) is 13.4. The summed E-state index contributed by atoms with van der Waals surface area (Å²) in [7, 11) is -7.98. The molecule has 0 atom stereocenters. The van der Waals surface area contributed by atoms with Gasteiger partial charge in [-0.15, -0.1) is 0 Å². The Morgan fingerprint density at radius 3 is 1.64 bits per heavy atom. The van der Waals surface area contributed by atoms with Crippen molar-refractivity contribution in [2.45, 2.75) is 23.6 Å². The summed E-state index contributed by atoms with van der Waals surface area (Å²) in [5.41, 5.74) is 3.66. The number of hydrogen-bond acceptors (Lipinski definition) is 4. The van der Waals surface area contributed by atoms with Crippen LogP contribution in [0.2, 0.25) is 0 Å². The van der Waals surface area contributed by atoms with E-state index in [4.69, 9.17) is 9.11 Å². The number of hydrogen-bond donors (Lipinski definition) is 2. The first-order chi connectivity index (χ1) is 10.00. The highest BCUT2D eigenvalue weighted by atomic mass is 32.2. The van der Waals surface area contributed by atoms with E-state index >= 15 is 0 Å². The molecule has 118 valence electrons. The van der Waals surface area contributed by atoms with Gasteiger partial charge in [0.1, 0.15) is 4.90 Å². The fraction of sp³-hybridized carbons (Fsp3) is 0.143. The highest BCUT2D eigenvalue weighted by Gasteiger charge is 2.27. The average molecular weight is 342 g/mol. The molecule has 1 aromatic rings. The molecule has 0 heterocycles. The van der Waals surface area contributed by atoms with E-state index in [1.54, 1.807) is 18.2 Å². The maximum atomic E-state index is 10.5. The first-order valence-electron chi connectivity index (χ1n) is 6.17. The fourth-order valence-electron chi connectivity index (χ4n) is 1.96. The lowest BCUT2D eigenvalue weighted by molar-refractivity contribution is 0.480. The molecular weight excluding hydrogens is 328 g/mol. The lowest BCUT2D eigenvalue weighted by Crippen LogP contribution is -2.09. The monoisotopic (exact) mass is 342 g/mol. The van der Waals surface area contributed by atoms with E-state index in [2.05, 4.69) is 0 Å². The van der Waals surface area contributed by atoms with E-state index in [1.165, 1.54) is 18.2 Å². The molecule has 2 N–H and O–H groups in total. The molecular formula is C14H14O6S2. The van der Waals surface area contributed by atoms with Crippen molar-refractivity contribution in [3.05, 3.63) is 47.5 Å². The van der Waals surface area contributed by atoms with E-state index in [0.29, 0.717) is 5.56 Å². The van der Waals surface area contributed by atoms with Crippen molar-refractivity contribution in [3.8, 4) is 11.1 Å². The van der Waals surface area contributed by atoms with Gasteiger partial charge in [0.05, 0.1) is 4.90 Å². The Morgan fingerprint density at radius 1 is 0.773 bits per heavy atom. The van der Waals surface area contributed by atoms with E-state index in [-0.39, 0.29) is 9.79 Å². The molecule has 0 aromatic heterocycles. The number of benzene rings is 2. The summed E-state index contributed by atoms with van der Waals surface area (Å²) in [5, 5.41) is 0. The van der Waals surface area contributed by atoms with Crippen LogP contribution in [0.1, 0.15) is 11.1 Å². The summed E-state index contributed by atoms with van der Waals surface area (Å²) in [5.74, 6) is 0. The first kappa shape index (κ1) is 16.6. The molecule has 0 saturated carbocycles. The minimum absolute atomic E-state index is 0.0538. The van der Waals surface area contributed by atoms with Crippen LogP contribution in [-0.4, -0.2) is 25.9 Å². The number of fused-ring (bicyclic) bond motifs is 1. The molecule has 22 heavy (non-hydrogen) atoms. The van der Waals surface area contributed by atoms with Crippen molar-refractivity contribution in [2.75, 3.05) is 0 Å². The summed E-state index contributed by atoms with van der Waals surface area (Å²) in [6, 6.07) is 9.22. The topological polar surface area (TPSA) is 109 Å². The van der Waals surface area contributed by atoms with Gasteiger partial charge in [0, 0.05) is 5.56 Å². The van der Waals surface area contributed by atoms with Crippen molar-refractivity contribution in [1.29, 1.82) is 0 Å². The average Bonchev–Trinajstić information content (AvgIpc) is 2.34. The van der Waals surface area contributed by atoms with Crippen molar-refractivity contribution < 1.29 is 25.9 Å². The van der Waals surface area contributed by atoms with Gasteiger partial charge in [-0.1, -0.05) is 17.7 Å². The van der Waals surface area contributed by atoms with Crippen LogP contribution in [0.15, 0.2) is 46.2 Å². The van der Waals surface area contributed by atoms with Gasteiger partial charge < -0.3 is 0 Å². The van der Waals surface area contributed by atoms with Gasteiger partial charge in [0.2, 0.25) is 0 Å². The molecule has 3 rings (SSSR count). The first-order valence-corrected chi connectivity index (χ1v) is 9.05. The summed E-state index contributed by atoms with van der Waals surface area (Å²) >= 11 is 0. The number of aryl methyl sites for hydroxylation is 2. The second-order valence-corrected chi connectivity index (χ2v) is 7.74. The fourth-order valence-corrected chi connectivity index (χ4v) is 3.15. The van der Waals surface area contributed by atoms with Gasteiger partial charge in [0.15, 0.2) is 0 Å². The van der Waals surface area contributed by atoms with Gasteiger partial charge in [-0.2, -0.15) is 16.8 Å². The molecule has 0 fully saturated rings. The van der Waals surface area contributed by atoms with Crippen LogP contribution in [0.3, 0.4) is 0 Å². The molecule has 1 aromatic carbocycles. The Labute approximate surface area is 128 Å². The lowest BCUT2D eigenvalue weighted by Gasteiger charge is -2.22. The van der Waals surface area contributed by atoms with Crippen molar-refractivity contribution >= 4 is 20.2 Å². The van der Waals surface area contributed by atoms with Gasteiger partial charge in [0.25, 0.3) is 20.2 Å². The quantitative estimate of drug-likeness (QED) is 0.693. The molecule has 0 spiro atoms. The largest absolute Gasteiger partial charge is 0.295 e. The molecule has 6 nitrogen and oxygen atoms in total. The summed E-state index contributed by atoms with van der Waals surface area (Å²) in [4.78, 5) is -0.0128. The normalized spacial score (nSPS) is 12.4. The van der Waals surface area contributed by atoms with Crippen molar-refractivity contribution in [3.63, 3.8) is 0 Å². The highest BCUT2D eigenvalue weighted by molar-refractivity contribution is 7.86. The van der Waals surface area contributed by atoms with E-state index in [0.717, 1.165) is 16.7 Å². The molecule has 0 amide bonds. The Balaban J connectivity index is 0.000000160.